The Kier molecular flexibility index (Phi) is 5.58. The number of nitrogens with zero attached hydrogens (tertiary/aromatic N) is 2. The van der Waals surface area contributed by atoms with E-state index in [0.29, 0.717) is 19.1 Å². The van der Waals surface area contributed by atoms with Gasteiger partial charge in [0.15, 0.2) is 0 Å². The number of likely N-dealkylation sites (tertiary alicyclic amines) is 1. The second kappa shape index (κ2) is 8.05. The Bertz CT molecular complexity index is 699. The molecule has 1 aromatic carbocycles. The predicted octanol–water partition coefficient (Wildman–Crippen LogP) is 3.21. The molecule has 25 heavy (non-hydrogen) atoms. The Morgan fingerprint density at radius 3 is 3.08 bits per heavy atom. The van der Waals surface area contributed by atoms with E-state index in [1.165, 1.54) is 0 Å². The molecule has 0 spiro atoms. The smallest absolute Gasteiger partial charge is 0.317 e. The molecule has 3 rings (SSSR count). The summed E-state index contributed by atoms with van der Waals surface area (Å²) in [6.07, 6.45) is 3.85. The summed E-state index contributed by atoms with van der Waals surface area (Å²) in [7, 11) is 0. The van der Waals surface area contributed by atoms with Crippen molar-refractivity contribution in [3.05, 3.63) is 47.3 Å². The van der Waals surface area contributed by atoms with E-state index >= 15 is 0 Å². The van der Waals surface area contributed by atoms with Crippen LogP contribution in [0.1, 0.15) is 42.5 Å². The summed E-state index contributed by atoms with van der Waals surface area (Å²) in [6.45, 7) is 6.60. The van der Waals surface area contributed by atoms with Crippen molar-refractivity contribution >= 4 is 6.03 Å². The maximum Gasteiger partial charge on any atom is 0.317 e. The number of aryl methyl sites for hydroxylation is 1. The Morgan fingerprint density at radius 2 is 2.32 bits per heavy atom. The van der Waals surface area contributed by atoms with Crippen LogP contribution in [0.2, 0.25) is 0 Å². The van der Waals surface area contributed by atoms with Crippen molar-refractivity contribution < 1.29 is 9.53 Å². The average Bonchev–Trinajstić information content (AvgIpc) is 3.16. The van der Waals surface area contributed by atoms with Gasteiger partial charge in [-0.25, -0.2) is 4.79 Å². The van der Waals surface area contributed by atoms with Crippen molar-refractivity contribution in [2.24, 2.45) is 0 Å². The van der Waals surface area contributed by atoms with Crippen LogP contribution in [0.3, 0.4) is 0 Å². The van der Waals surface area contributed by atoms with Gasteiger partial charge in [-0.3, -0.25) is 5.10 Å². The summed E-state index contributed by atoms with van der Waals surface area (Å²) in [5.74, 6) is 1.18. The van der Waals surface area contributed by atoms with Crippen LogP contribution in [-0.2, 0) is 6.54 Å². The second-order valence-electron chi connectivity index (χ2n) is 6.50. The number of amides is 2. The van der Waals surface area contributed by atoms with Crippen molar-refractivity contribution in [3.8, 4) is 5.75 Å². The number of aromatic amines is 1. The van der Waals surface area contributed by atoms with E-state index in [1.807, 2.05) is 43.0 Å². The van der Waals surface area contributed by atoms with Gasteiger partial charge in [-0.05, 0) is 44.4 Å². The highest BCUT2D eigenvalue weighted by Crippen LogP contribution is 2.25. The minimum Gasteiger partial charge on any atom is -0.494 e. The highest BCUT2D eigenvalue weighted by molar-refractivity contribution is 5.74. The first kappa shape index (κ1) is 17.3. The van der Waals surface area contributed by atoms with Gasteiger partial charge in [0.05, 0.1) is 6.61 Å². The Hall–Kier alpha value is -2.50. The van der Waals surface area contributed by atoms with Gasteiger partial charge in [0.25, 0.3) is 0 Å². The number of hydrogen-bond donors (Lipinski definition) is 2. The van der Waals surface area contributed by atoms with Crippen LogP contribution in [0.4, 0.5) is 4.79 Å². The number of H-pyrrole nitrogens is 1. The topological polar surface area (TPSA) is 70.2 Å². The third-order valence-electron chi connectivity index (χ3n) is 4.62. The van der Waals surface area contributed by atoms with Crippen molar-refractivity contribution in [3.63, 3.8) is 0 Å². The van der Waals surface area contributed by atoms with Crippen molar-refractivity contribution in [1.82, 2.24) is 20.4 Å². The minimum atomic E-state index is -0.0211. The molecular weight excluding hydrogens is 316 g/mol. The molecule has 1 atom stereocenters. The molecule has 2 N–H and O–H groups in total. The van der Waals surface area contributed by atoms with Gasteiger partial charge in [0.2, 0.25) is 0 Å². The number of carbonyl (C=O) groups excluding carboxylic acids is 1. The molecule has 0 radical (unpaired) electrons. The summed E-state index contributed by atoms with van der Waals surface area (Å²) >= 11 is 0. The van der Waals surface area contributed by atoms with Crippen LogP contribution in [0, 0.1) is 6.92 Å². The lowest BCUT2D eigenvalue weighted by Gasteiger charge is -2.32. The van der Waals surface area contributed by atoms with Gasteiger partial charge in [-0.15, -0.1) is 0 Å². The van der Waals surface area contributed by atoms with Crippen LogP contribution < -0.4 is 10.1 Å². The van der Waals surface area contributed by atoms with E-state index in [2.05, 4.69) is 15.5 Å². The fourth-order valence-electron chi connectivity index (χ4n) is 3.29. The molecule has 6 heteroatoms. The third-order valence-corrected chi connectivity index (χ3v) is 4.62. The molecule has 1 aromatic heterocycles. The van der Waals surface area contributed by atoms with E-state index < -0.39 is 0 Å². The Balaban J connectivity index is 1.59. The van der Waals surface area contributed by atoms with E-state index in [0.717, 1.165) is 48.5 Å². The SMILES string of the molecule is CCOc1cc(C)ccc1CNC(=O)N1CCC[C@H](c2ccn[nH]2)C1. The van der Waals surface area contributed by atoms with Crippen LogP contribution in [-0.4, -0.2) is 40.8 Å². The number of nitrogens with one attached hydrogen (secondary N) is 2. The van der Waals surface area contributed by atoms with E-state index in [9.17, 15) is 4.79 Å². The Morgan fingerprint density at radius 1 is 1.44 bits per heavy atom. The van der Waals surface area contributed by atoms with Crippen molar-refractivity contribution in [2.75, 3.05) is 19.7 Å². The summed E-state index contributed by atoms with van der Waals surface area (Å²) in [6, 6.07) is 8.04. The minimum absolute atomic E-state index is 0.0211. The molecule has 0 aliphatic carbocycles. The number of urea groups is 1. The number of piperidine rings is 1. The number of ether oxygens (including phenoxy) is 1. The van der Waals surface area contributed by atoms with E-state index in [1.54, 1.807) is 6.20 Å². The summed E-state index contributed by atoms with van der Waals surface area (Å²) in [5.41, 5.74) is 3.26. The highest BCUT2D eigenvalue weighted by Gasteiger charge is 2.25. The molecule has 6 nitrogen and oxygen atoms in total. The van der Waals surface area contributed by atoms with Crippen LogP contribution >= 0.6 is 0 Å². The van der Waals surface area contributed by atoms with Gasteiger partial charge >= 0.3 is 6.03 Å². The molecule has 2 aromatic rings. The molecule has 0 saturated carbocycles. The lowest BCUT2D eigenvalue weighted by atomic mass is 9.95. The van der Waals surface area contributed by atoms with Crippen molar-refractivity contribution in [1.29, 1.82) is 0 Å². The third kappa shape index (κ3) is 4.32. The number of aromatic nitrogens is 2. The highest BCUT2D eigenvalue weighted by atomic mass is 16.5. The number of benzene rings is 1. The van der Waals surface area contributed by atoms with Gasteiger partial charge in [0, 0.05) is 43.0 Å². The molecule has 1 saturated heterocycles. The zero-order chi connectivity index (χ0) is 17.6. The van der Waals surface area contributed by atoms with E-state index in [4.69, 9.17) is 4.74 Å². The first-order chi connectivity index (χ1) is 12.2. The first-order valence-corrected chi connectivity index (χ1v) is 8.91. The molecule has 134 valence electrons. The van der Waals surface area contributed by atoms with Crippen LogP contribution in [0.25, 0.3) is 0 Å². The van der Waals surface area contributed by atoms with Crippen LogP contribution in [0.15, 0.2) is 30.5 Å². The fourth-order valence-corrected chi connectivity index (χ4v) is 3.29. The van der Waals surface area contributed by atoms with Crippen LogP contribution in [0.5, 0.6) is 5.75 Å². The lowest BCUT2D eigenvalue weighted by molar-refractivity contribution is 0.178. The van der Waals surface area contributed by atoms with Gasteiger partial charge in [0.1, 0.15) is 5.75 Å². The molecule has 0 bridgehead atoms. The number of rotatable bonds is 5. The lowest BCUT2D eigenvalue weighted by Crippen LogP contribution is -2.44. The zero-order valence-electron chi connectivity index (χ0n) is 14.9. The molecule has 0 unspecified atom stereocenters. The standard InChI is InChI=1S/C19H26N4O2/c1-3-25-18-11-14(2)6-7-15(18)12-20-19(24)23-10-4-5-16(13-23)17-8-9-21-22-17/h6-9,11,16H,3-5,10,12-13H2,1-2H3,(H,20,24)(H,21,22)/t16-/m0/s1. The van der Waals surface area contributed by atoms with Gasteiger partial charge < -0.3 is 15.0 Å². The monoisotopic (exact) mass is 342 g/mol. The first-order valence-electron chi connectivity index (χ1n) is 8.91. The maximum absolute atomic E-state index is 12.6. The normalized spacial score (nSPS) is 17.4. The molecule has 2 heterocycles. The molecule has 1 fully saturated rings. The van der Waals surface area contributed by atoms with Gasteiger partial charge in [-0.1, -0.05) is 12.1 Å². The maximum atomic E-state index is 12.6. The fraction of sp³-hybridized carbons (Fsp3) is 0.474. The molecule has 1 aliphatic heterocycles. The second-order valence-corrected chi connectivity index (χ2v) is 6.50. The predicted molar refractivity (Wildman–Crippen MR) is 96.7 cm³/mol. The number of carbonyl (C=O) groups is 1. The number of hydrogen-bond acceptors (Lipinski definition) is 3. The largest absolute Gasteiger partial charge is 0.494 e. The Labute approximate surface area is 148 Å². The quantitative estimate of drug-likeness (QED) is 0.876. The molecule has 1 aliphatic rings. The van der Waals surface area contributed by atoms with Crippen molar-refractivity contribution in [2.45, 2.75) is 39.2 Å². The average molecular weight is 342 g/mol. The van der Waals surface area contributed by atoms with E-state index in [-0.39, 0.29) is 6.03 Å². The summed E-state index contributed by atoms with van der Waals surface area (Å²) in [4.78, 5) is 14.5. The molecule has 2 amide bonds. The summed E-state index contributed by atoms with van der Waals surface area (Å²) in [5, 5.41) is 10.1. The van der Waals surface area contributed by atoms with Gasteiger partial charge in [-0.2, -0.15) is 5.10 Å². The molecular formula is C19H26N4O2. The zero-order valence-corrected chi connectivity index (χ0v) is 14.9. The summed E-state index contributed by atoms with van der Waals surface area (Å²) < 4.78 is 5.69.